The van der Waals surface area contributed by atoms with Gasteiger partial charge >= 0.3 is 0 Å². The van der Waals surface area contributed by atoms with Crippen molar-refractivity contribution in [3.8, 4) is 5.69 Å². The number of aromatic nitrogens is 2. The Bertz CT molecular complexity index is 1290. The molecular weight excluding hydrogens is 426 g/mol. The predicted octanol–water partition coefficient (Wildman–Crippen LogP) is 5.64. The number of anilines is 1. The molecule has 2 aromatic heterocycles. The molecule has 160 valence electrons. The monoisotopic (exact) mass is 446 g/mol. The van der Waals surface area contributed by atoms with Crippen molar-refractivity contribution in [2.24, 2.45) is 0 Å². The van der Waals surface area contributed by atoms with E-state index in [9.17, 15) is 8.78 Å². The first-order valence-corrected chi connectivity index (χ1v) is 10.6. The van der Waals surface area contributed by atoms with Crippen LogP contribution in [0.2, 0.25) is 0 Å². The Morgan fingerprint density at radius 3 is 2.56 bits per heavy atom. The molecule has 4 aromatic rings. The first-order chi connectivity index (χ1) is 15.5. The molecular formula is C25H20F2N4S. The van der Waals surface area contributed by atoms with Crippen LogP contribution in [0.15, 0.2) is 85.2 Å². The van der Waals surface area contributed by atoms with Gasteiger partial charge in [-0.1, -0.05) is 12.1 Å². The van der Waals surface area contributed by atoms with E-state index in [2.05, 4.69) is 10.3 Å². The average molecular weight is 447 g/mol. The molecule has 1 saturated heterocycles. The maximum atomic E-state index is 14.0. The summed E-state index contributed by atoms with van der Waals surface area (Å²) in [5, 5.41) is 3.91. The molecule has 7 heteroatoms. The Labute approximate surface area is 190 Å². The van der Waals surface area contributed by atoms with Gasteiger partial charge in [-0.2, -0.15) is 0 Å². The largest absolute Gasteiger partial charge is 0.351 e. The van der Waals surface area contributed by atoms with Gasteiger partial charge < -0.3 is 14.8 Å². The van der Waals surface area contributed by atoms with Crippen LogP contribution in [0.25, 0.3) is 5.69 Å². The second-order valence-corrected chi connectivity index (χ2v) is 8.10. The van der Waals surface area contributed by atoms with E-state index in [0.29, 0.717) is 16.4 Å². The number of benzene rings is 2. The zero-order valence-corrected chi connectivity index (χ0v) is 18.1. The molecule has 0 bridgehead atoms. The lowest BCUT2D eigenvalue weighted by Crippen LogP contribution is -2.30. The van der Waals surface area contributed by atoms with Crippen LogP contribution >= 0.6 is 12.2 Å². The Kier molecular flexibility index (Phi) is 5.19. The Morgan fingerprint density at radius 1 is 0.938 bits per heavy atom. The molecule has 0 aliphatic carbocycles. The minimum Gasteiger partial charge on any atom is -0.351 e. The molecule has 3 heterocycles. The van der Waals surface area contributed by atoms with Crippen LogP contribution in [0.4, 0.5) is 14.5 Å². The highest BCUT2D eigenvalue weighted by Crippen LogP contribution is 2.42. The van der Waals surface area contributed by atoms with Crippen molar-refractivity contribution in [3.63, 3.8) is 0 Å². The van der Waals surface area contributed by atoms with E-state index in [1.807, 2.05) is 52.1 Å². The van der Waals surface area contributed by atoms with Crippen molar-refractivity contribution < 1.29 is 8.78 Å². The van der Waals surface area contributed by atoms with Crippen LogP contribution in [0.5, 0.6) is 0 Å². The SMILES string of the molecule is Cc1cc(N2C(=S)N[C@H](c3ccccn3)[C@@H]2c2cccn2-c2cccc(F)c2)ccc1F. The number of aryl methyl sites for hydroxylation is 1. The summed E-state index contributed by atoms with van der Waals surface area (Å²) >= 11 is 5.73. The Morgan fingerprint density at radius 2 is 1.81 bits per heavy atom. The zero-order valence-electron chi connectivity index (χ0n) is 17.2. The smallest absolute Gasteiger partial charge is 0.174 e. The first kappa shape index (κ1) is 20.3. The van der Waals surface area contributed by atoms with E-state index in [4.69, 9.17) is 12.2 Å². The van der Waals surface area contributed by atoms with Gasteiger partial charge in [-0.05, 0) is 85.4 Å². The Balaban J connectivity index is 1.68. The summed E-state index contributed by atoms with van der Waals surface area (Å²) in [6, 6.07) is 20.5. The average Bonchev–Trinajstić information content (AvgIpc) is 3.40. The van der Waals surface area contributed by atoms with E-state index >= 15 is 0 Å². The van der Waals surface area contributed by atoms with Gasteiger partial charge in [-0.25, -0.2) is 8.78 Å². The molecule has 2 atom stereocenters. The van der Waals surface area contributed by atoms with Crippen LogP contribution in [0.1, 0.15) is 29.0 Å². The fraction of sp³-hybridized carbons (Fsp3) is 0.120. The summed E-state index contributed by atoms with van der Waals surface area (Å²) in [4.78, 5) is 6.53. The van der Waals surface area contributed by atoms with E-state index in [1.165, 1.54) is 18.2 Å². The third-order valence-electron chi connectivity index (χ3n) is 5.69. The lowest BCUT2D eigenvalue weighted by molar-refractivity contribution is 0.548. The molecule has 0 saturated carbocycles. The minimum atomic E-state index is -0.311. The van der Waals surface area contributed by atoms with E-state index in [0.717, 1.165) is 17.1 Å². The number of hydrogen-bond acceptors (Lipinski definition) is 2. The fourth-order valence-corrected chi connectivity index (χ4v) is 4.55. The molecule has 0 radical (unpaired) electrons. The lowest BCUT2D eigenvalue weighted by Gasteiger charge is -2.29. The second-order valence-electron chi connectivity index (χ2n) is 7.71. The highest BCUT2D eigenvalue weighted by atomic mass is 32.1. The number of pyridine rings is 1. The van der Waals surface area contributed by atoms with E-state index in [-0.39, 0.29) is 23.7 Å². The number of rotatable bonds is 4. The number of nitrogens with one attached hydrogen (secondary N) is 1. The summed E-state index contributed by atoms with van der Waals surface area (Å²) in [6.45, 7) is 1.73. The van der Waals surface area contributed by atoms with Crippen molar-refractivity contribution in [3.05, 3.63) is 114 Å². The van der Waals surface area contributed by atoms with Gasteiger partial charge in [0.2, 0.25) is 0 Å². The number of halogens is 2. The Hall–Kier alpha value is -3.58. The van der Waals surface area contributed by atoms with E-state index in [1.54, 1.807) is 31.3 Å². The van der Waals surface area contributed by atoms with Gasteiger partial charge in [0.25, 0.3) is 0 Å². The number of hydrogen-bond donors (Lipinski definition) is 1. The van der Waals surface area contributed by atoms with Crippen molar-refractivity contribution in [2.45, 2.75) is 19.0 Å². The van der Waals surface area contributed by atoms with Gasteiger partial charge in [0.1, 0.15) is 17.7 Å². The molecule has 1 fully saturated rings. The van der Waals surface area contributed by atoms with Gasteiger partial charge in [-0.3, -0.25) is 4.98 Å². The lowest BCUT2D eigenvalue weighted by atomic mass is 10.0. The normalized spacial score (nSPS) is 18.1. The second kappa shape index (κ2) is 8.16. The van der Waals surface area contributed by atoms with Gasteiger partial charge in [0, 0.05) is 29.5 Å². The third kappa shape index (κ3) is 3.54. The molecule has 2 aromatic carbocycles. The van der Waals surface area contributed by atoms with Crippen LogP contribution in [-0.2, 0) is 0 Å². The maximum absolute atomic E-state index is 14.0. The van der Waals surface area contributed by atoms with Crippen LogP contribution in [-0.4, -0.2) is 14.7 Å². The third-order valence-corrected chi connectivity index (χ3v) is 6.00. The first-order valence-electron chi connectivity index (χ1n) is 10.2. The maximum Gasteiger partial charge on any atom is 0.174 e. The highest BCUT2D eigenvalue weighted by molar-refractivity contribution is 7.80. The van der Waals surface area contributed by atoms with Crippen LogP contribution in [0, 0.1) is 18.6 Å². The van der Waals surface area contributed by atoms with Crippen LogP contribution < -0.4 is 10.2 Å². The molecule has 1 N–H and O–H groups in total. The quantitative estimate of drug-likeness (QED) is 0.412. The van der Waals surface area contributed by atoms with Crippen molar-refractivity contribution in [1.82, 2.24) is 14.9 Å². The molecule has 1 aliphatic rings. The molecule has 0 unspecified atom stereocenters. The molecule has 0 amide bonds. The van der Waals surface area contributed by atoms with Crippen LogP contribution in [0.3, 0.4) is 0 Å². The number of nitrogens with zero attached hydrogens (tertiary/aromatic N) is 3. The molecule has 0 spiro atoms. The standard InChI is InChI=1S/C25H20F2N4S/c1-16-14-19(10-11-20(16)27)31-24(23(29-25(31)32)21-8-2-3-12-28-21)22-9-5-13-30(22)18-7-4-6-17(26)15-18/h2-15,23-24H,1H3,(H,29,32)/t23-,24+/m1/s1. The summed E-state index contributed by atoms with van der Waals surface area (Å²) in [5.74, 6) is -0.581. The molecule has 5 rings (SSSR count). The van der Waals surface area contributed by atoms with Crippen molar-refractivity contribution in [1.29, 1.82) is 0 Å². The van der Waals surface area contributed by atoms with Gasteiger partial charge in [-0.15, -0.1) is 0 Å². The molecule has 4 nitrogen and oxygen atoms in total. The summed E-state index contributed by atoms with van der Waals surface area (Å²) < 4.78 is 29.9. The summed E-state index contributed by atoms with van der Waals surface area (Å²) in [7, 11) is 0. The van der Waals surface area contributed by atoms with E-state index < -0.39 is 0 Å². The summed E-state index contributed by atoms with van der Waals surface area (Å²) in [5.41, 5.74) is 3.74. The summed E-state index contributed by atoms with van der Waals surface area (Å²) in [6.07, 6.45) is 3.64. The topological polar surface area (TPSA) is 33.1 Å². The predicted molar refractivity (Wildman–Crippen MR) is 125 cm³/mol. The van der Waals surface area contributed by atoms with Crippen molar-refractivity contribution in [2.75, 3.05) is 4.90 Å². The number of thiocarbonyl (C=S) groups is 1. The minimum absolute atomic E-state index is 0.253. The highest BCUT2D eigenvalue weighted by Gasteiger charge is 2.42. The van der Waals surface area contributed by atoms with Gasteiger partial charge in [0.05, 0.1) is 11.7 Å². The fourth-order valence-electron chi connectivity index (χ4n) is 4.21. The van der Waals surface area contributed by atoms with Crippen molar-refractivity contribution >= 4 is 23.0 Å². The molecule has 32 heavy (non-hydrogen) atoms. The molecule has 1 aliphatic heterocycles. The van der Waals surface area contributed by atoms with Gasteiger partial charge in [0.15, 0.2) is 5.11 Å². The zero-order chi connectivity index (χ0) is 22.2.